The van der Waals surface area contributed by atoms with Crippen molar-refractivity contribution in [1.82, 2.24) is 10.2 Å². The van der Waals surface area contributed by atoms with Gasteiger partial charge in [-0.05, 0) is 24.7 Å². The lowest BCUT2D eigenvalue weighted by atomic mass is 9.85. The molecule has 5 nitrogen and oxygen atoms in total. The number of carboxylic acids is 1. The molecule has 1 aliphatic carbocycles. The van der Waals surface area contributed by atoms with E-state index >= 15 is 0 Å². The van der Waals surface area contributed by atoms with Gasteiger partial charge in [-0.25, -0.2) is 9.59 Å². The second-order valence-electron chi connectivity index (χ2n) is 5.71. The van der Waals surface area contributed by atoms with Gasteiger partial charge in [-0.15, -0.1) is 11.8 Å². The van der Waals surface area contributed by atoms with E-state index in [-0.39, 0.29) is 17.3 Å². The minimum atomic E-state index is -0.908. The van der Waals surface area contributed by atoms with E-state index < -0.39 is 12.0 Å². The number of nitrogens with zero attached hydrogens (tertiary/aromatic N) is 1. The van der Waals surface area contributed by atoms with E-state index in [1.54, 1.807) is 11.8 Å². The van der Waals surface area contributed by atoms with Gasteiger partial charge in [0.15, 0.2) is 0 Å². The summed E-state index contributed by atoms with van der Waals surface area (Å²) in [6.07, 6.45) is 3.59. The van der Waals surface area contributed by atoms with Gasteiger partial charge in [-0.1, -0.05) is 20.3 Å². The number of thioether (sulfide) groups is 1. The first kappa shape index (κ1) is 14.5. The van der Waals surface area contributed by atoms with Crippen LogP contribution in [-0.4, -0.2) is 45.7 Å². The predicted molar refractivity (Wildman–Crippen MR) is 75.1 cm³/mol. The molecule has 2 fully saturated rings. The number of carbonyl (C=O) groups is 2. The van der Waals surface area contributed by atoms with Gasteiger partial charge in [0.05, 0.1) is 5.37 Å². The Morgan fingerprint density at radius 2 is 2.11 bits per heavy atom. The summed E-state index contributed by atoms with van der Waals surface area (Å²) in [5.41, 5.74) is 0. The highest BCUT2D eigenvalue weighted by Gasteiger charge is 2.42. The van der Waals surface area contributed by atoms with Crippen LogP contribution < -0.4 is 5.32 Å². The predicted octanol–water partition coefficient (Wildman–Crippen LogP) is 1.98. The number of aliphatic carboxylic acids is 1. The number of urea groups is 1. The van der Waals surface area contributed by atoms with Crippen molar-refractivity contribution >= 4 is 23.8 Å². The van der Waals surface area contributed by atoms with Crippen molar-refractivity contribution in [2.24, 2.45) is 11.8 Å². The van der Waals surface area contributed by atoms with Gasteiger partial charge in [0.25, 0.3) is 0 Å². The molecule has 0 aromatic heterocycles. The van der Waals surface area contributed by atoms with Crippen molar-refractivity contribution < 1.29 is 14.7 Å². The van der Waals surface area contributed by atoms with Crippen LogP contribution >= 0.6 is 11.8 Å². The SMILES string of the molecule is CC(C)C1SCC(C(=O)O)N1C(=O)NCC1CCC1. The van der Waals surface area contributed by atoms with Crippen molar-refractivity contribution in [3.05, 3.63) is 0 Å². The van der Waals surface area contributed by atoms with Crippen molar-refractivity contribution in [3.63, 3.8) is 0 Å². The van der Waals surface area contributed by atoms with Crippen LogP contribution in [-0.2, 0) is 4.79 Å². The number of carboxylic acid groups (broad SMARTS) is 1. The van der Waals surface area contributed by atoms with E-state index in [2.05, 4.69) is 5.32 Å². The van der Waals surface area contributed by atoms with Gasteiger partial charge in [0.1, 0.15) is 6.04 Å². The smallest absolute Gasteiger partial charge is 0.327 e. The molecule has 6 heteroatoms. The summed E-state index contributed by atoms with van der Waals surface area (Å²) in [4.78, 5) is 25.0. The molecule has 1 aliphatic heterocycles. The Morgan fingerprint density at radius 1 is 1.42 bits per heavy atom. The Kier molecular flexibility index (Phi) is 4.60. The van der Waals surface area contributed by atoms with Crippen LogP contribution in [0.25, 0.3) is 0 Å². The molecular weight excluding hydrogens is 264 g/mol. The lowest BCUT2D eigenvalue weighted by Gasteiger charge is -2.32. The molecule has 0 bridgehead atoms. The Labute approximate surface area is 118 Å². The fourth-order valence-corrected chi connectivity index (χ4v) is 3.98. The largest absolute Gasteiger partial charge is 0.480 e. The van der Waals surface area contributed by atoms with Crippen LogP contribution in [0.2, 0.25) is 0 Å². The molecule has 2 aliphatic rings. The minimum Gasteiger partial charge on any atom is -0.480 e. The van der Waals surface area contributed by atoms with Crippen LogP contribution in [0.5, 0.6) is 0 Å². The van der Waals surface area contributed by atoms with E-state index in [4.69, 9.17) is 0 Å². The first-order valence-electron chi connectivity index (χ1n) is 6.91. The molecule has 1 saturated heterocycles. The summed E-state index contributed by atoms with van der Waals surface area (Å²) in [7, 11) is 0. The lowest BCUT2D eigenvalue weighted by Crippen LogP contribution is -2.52. The molecular formula is C13H22N2O3S. The van der Waals surface area contributed by atoms with E-state index in [1.807, 2.05) is 13.8 Å². The summed E-state index contributed by atoms with van der Waals surface area (Å²) in [5.74, 6) is 0.410. The van der Waals surface area contributed by atoms with Crippen LogP contribution in [0.3, 0.4) is 0 Å². The quantitative estimate of drug-likeness (QED) is 0.829. The van der Waals surface area contributed by atoms with Gasteiger partial charge < -0.3 is 10.4 Å². The second kappa shape index (κ2) is 6.03. The average molecular weight is 286 g/mol. The normalized spacial score (nSPS) is 27.4. The van der Waals surface area contributed by atoms with Crippen LogP contribution in [0, 0.1) is 11.8 Å². The zero-order valence-corrected chi connectivity index (χ0v) is 12.3. The minimum absolute atomic E-state index is 0.0394. The highest BCUT2D eigenvalue weighted by atomic mass is 32.2. The Morgan fingerprint density at radius 3 is 2.58 bits per heavy atom. The number of rotatable bonds is 4. The summed E-state index contributed by atoms with van der Waals surface area (Å²) in [6.45, 7) is 4.72. The standard InChI is InChI=1S/C13H22N2O3S/c1-8(2)11-15(10(7-19-11)12(16)17)13(18)14-6-9-4-3-5-9/h8-11H,3-7H2,1-2H3,(H,14,18)(H,16,17). The molecule has 1 saturated carbocycles. The van der Waals surface area contributed by atoms with Crippen LogP contribution in [0.15, 0.2) is 0 Å². The van der Waals surface area contributed by atoms with Crippen molar-refractivity contribution in [2.45, 2.75) is 44.5 Å². The van der Waals surface area contributed by atoms with E-state index in [0.717, 1.165) is 0 Å². The monoisotopic (exact) mass is 286 g/mol. The van der Waals surface area contributed by atoms with Gasteiger partial charge in [-0.2, -0.15) is 0 Å². The molecule has 108 valence electrons. The average Bonchev–Trinajstić information content (AvgIpc) is 2.70. The third-order valence-corrected chi connectivity index (χ3v) is 5.51. The van der Waals surface area contributed by atoms with Crippen LogP contribution in [0.1, 0.15) is 33.1 Å². The maximum Gasteiger partial charge on any atom is 0.327 e. The summed E-state index contributed by atoms with van der Waals surface area (Å²) >= 11 is 1.56. The molecule has 0 spiro atoms. The highest BCUT2D eigenvalue weighted by Crippen LogP contribution is 2.34. The van der Waals surface area contributed by atoms with Crippen molar-refractivity contribution in [2.75, 3.05) is 12.3 Å². The zero-order valence-electron chi connectivity index (χ0n) is 11.5. The second-order valence-corrected chi connectivity index (χ2v) is 6.86. The van der Waals surface area contributed by atoms with Crippen molar-refractivity contribution in [1.29, 1.82) is 0 Å². The van der Waals surface area contributed by atoms with E-state index in [1.165, 1.54) is 24.2 Å². The fourth-order valence-electron chi connectivity index (χ4n) is 2.51. The molecule has 19 heavy (non-hydrogen) atoms. The molecule has 2 atom stereocenters. The maximum absolute atomic E-state index is 12.3. The molecule has 0 aromatic carbocycles. The van der Waals surface area contributed by atoms with E-state index in [0.29, 0.717) is 18.2 Å². The number of hydrogen-bond acceptors (Lipinski definition) is 3. The van der Waals surface area contributed by atoms with Crippen LogP contribution in [0.4, 0.5) is 4.79 Å². The molecule has 2 amide bonds. The summed E-state index contributed by atoms with van der Waals surface area (Å²) in [6, 6.07) is -0.915. The number of nitrogens with one attached hydrogen (secondary N) is 1. The summed E-state index contributed by atoms with van der Waals surface area (Å²) < 4.78 is 0. The van der Waals surface area contributed by atoms with Gasteiger partial charge in [0, 0.05) is 12.3 Å². The maximum atomic E-state index is 12.3. The zero-order chi connectivity index (χ0) is 14.0. The molecule has 0 radical (unpaired) electrons. The lowest BCUT2D eigenvalue weighted by molar-refractivity contribution is -0.141. The summed E-state index contributed by atoms with van der Waals surface area (Å²) in [5, 5.41) is 12.1. The Bertz CT molecular complexity index is 358. The molecule has 2 N–H and O–H groups in total. The van der Waals surface area contributed by atoms with Gasteiger partial charge in [-0.3, -0.25) is 4.90 Å². The Hall–Kier alpha value is -0.910. The molecule has 2 unspecified atom stereocenters. The van der Waals surface area contributed by atoms with E-state index in [9.17, 15) is 14.7 Å². The Balaban J connectivity index is 1.98. The fraction of sp³-hybridized carbons (Fsp3) is 0.846. The number of carbonyl (C=O) groups excluding carboxylic acids is 1. The number of hydrogen-bond donors (Lipinski definition) is 2. The van der Waals surface area contributed by atoms with Crippen molar-refractivity contribution in [3.8, 4) is 0 Å². The third-order valence-electron chi connectivity index (χ3n) is 3.89. The molecule has 2 rings (SSSR count). The van der Waals surface area contributed by atoms with Gasteiger partial charge in [0.2, 0.25) is 0 Å². The third kappa shape index (κ3) is 3.16. The number of amides is 2. The first-order valence-corrected chi connectivity index (χ1v) is 7.96. The topological polar surface area (TPSA) is 69.6 Å². The molecule has 0 aromatic rings. The highest BCUT2D eigenvalue weighted by molar-refractivity contribution is 8.00. The van der Waals surface area contributed by atoms with Gasteiger partial charge >= 0.3 is 12.0 Å². The molecule has 1 heterocycles. The first-order chi connectivity index (χ1) is 9.00.